The Morgan fingerprint density at radius 2 is 2.05 bits per heavy atom. The topological polar surface area (TPSA) is 35.5 Å². The third-order valence-electron chi connectivity index (χ3n) is 4.78. The number of Topliss-reactive ketones (excluding diaryl/α,β-unsaturated/α-hetero) is 1. The lowest BCUT2D eigenvalue weighted by atomic mass is 9.57. The summed E-state index contributed by atoms with van der Waals surface area (Å²) in [6.45, 7) is 0.589. The third-order valence-corrected chi connectivity index (χ3v) is 4.78. The second-order valence-corrected chi connectivity index (χ2v) is 6.03. The van der Waals surface area contributed by atoms with Gasteiger partial charge in [0.25, 0.3) is 0 Å². The average molecular weight is 274 g/mol. The fourth-order valence-corrected chi connectivity index (χ4v) is 3.59. The fourth-order valence-electron chi connectivity index (χ4n) is 3.59. The molecular formula is C17H22O3. The zero-order valence-electron chi connectivity index (χ0n) is 12.1. The van der Waals surface area contributed by atoms with Gasteiger partial charge in [0.05, 0.1) is 12.0 Å². The number of carbonyl (C=O) groups excluding carboxylic acids is 1. The summed E-state index contributed by atoms with van der Waals surface area (Å²) in [6.07, 6.45) is 6.25. The van der Waals surface area contributed by atoms with Crippen molar-refractivity contribution < 1.29 is 14.3 Å². The van der Waals surface area contributed by atoms with E-state index in [9.17, 15) is 4.79 Å². The molecular weight excluding hydrogens is 252 g/mol. The summed E-state index contributed by atoms with van der Waals surface area (Å²) in [5.74, 6) is 1.28. The molecule has 2 fully saturated rings. The maximum Gasteiger partial charge on any atom is 0.146 e. The maximum atomic E-state index is 12.1. The lowest BCUT2D eigenvalue weighted by Gasteiger charge is -2.49. The Labute approximate surface area is 120 Å². The third kappa shape index (κ3) is 2.35. The Balaban J connectivity index is 1.71. The minimum absolute atomic E-state index is 0.0769. The first-order chi connectivity index (χ1) is 9.74. The van der Waals surface area contributed by atoms with E-state index in [0.717, 1.165) is 37.0 Å². The number of hydrogen-bond donors (Lipinski definition) is 0. The molecule has 0 radical (unpaired) electrons. The van der Waals surface area contributed by atoms with E-state index in [4.69, 9.17) is 9.47 Å². The maximum absolute atomic E-state index is 12.1. The van der Waals surface area contributed by atoms with Gasteiger partial charge in [-0.25, -0.2) is 0 Å². The normalized spacial score (nSPS) is 24.4. The Kier molecular flexibility index (Phi) is 3.79. The molecule has 20 heavy (non-hydrogen) atoms. The largest absolute Gasteiger partial charge is 0.489 e. The van der Waals surface area contributed by atoms with Gasteiger partial charge in [0.15, 0.2) is 0 Å². The summed E-state index contributed by atoms with van der Waals surface area (Å²) in [7, 11) is 1.69. The molecule has 0 heterocycles. The molecule has 2 saturated carbocycles. The highest BCUT2D eigenvalue weighted by molar-refractivity contribution is 5.92. The van der Waals surface area contributed by atoms with Gasteiger partial charge in [-0.2, -0.15) is 0 Å². The van der Waals surface area contributed by atoms with Crippen molar-refractivity contribution in [2.45, 2.75) is 51.2 Å². The predicted octanol–water partition coefficient (Wildman–Crippen LogP) is 3.50. The van der Waals surface area contributed by atoms with Crippen molar-refractivity contribution in [1.82, 2.24) is 0 Å². The second kappa shape index (κ2) is 5.57. The number of hydrogen-bond acceptors (Lipinski definition) is 3. The molecule has 1 atom stereocenters. The zero-order chi connectivity index (χ0) is 14.0. The fraction of sp³-hybridized carbons (Fsp3) is 0.588. The highest BCUT2D eigenvalue weighted by Gasteiger charge is 2.56. The quantitative estimate of drug-likeness (QED) is 0.843. The molecule has 1 aromatic rings. The Bertz CT molecular complexity index is 489. The van der Waals surface area contributed by atoms with Gasteiger partial charge in [0.2, 0.25) is 0 Å². The van der Waals surface area contributed by atoms with Crippen LogP contribution in [0.15, 0.2) is 24.3 Å². The summed E-state index contributed by atoms with van der Waals surface area (Å²) in [4.78, 5) is 12.1. The molecule has 1 unspecified atom stereocenters. The van der Waals surface area contributed by atoms with Crippen molar-refractivity contribution in [3.63, 3.8) is 0 Å². The Morgan fingerprint density at radius 1 is 1.25 bits per heavy atom. The van der Waals surface area contributed by atoms with Gasteiger partial charge in [-0.05, 0) is 30.5 Å². The smallest absolute Gasteiger partial charge is 0.146 e. The van der Waals surface area contributed by atoms with Crippen LogP contribution >= 0.6 is 0 Å². The molecule has 108 valence electrons. The summed E-state index contributed by atoms with van der Waals surface area (Å²) >= 11 is 0. The van der Waals surface area contributed by atoms with Crippen LogP contribution in [0.4, 0.5) is 0 Å². The van der Waals surface area contributed by atoms with Crippen LogP contribution in [0.5, 0.6) is 5.75 Å². The highest BCUT2D eigenvalue weighted by Crippen LogP contribution is 2.50. The zero-order valence-corrected chi connectivity index (χ0v) is 12.1. The number of methoxy groups -OCH3 is 1. The molecule has 3 heteroatoms. The van der Waals surface area contributed by atoms with Crippen molar-refractivity contribution in [2.75, 3.05) is 7.11 Å². The average Bonchev–Trinajstić information content (AvgIpc) is 2.49. The molecule has 1 aromatic carbocycles. The van der Waals surface area contributed by atoms with Gasteiger partial charge in [-0.1, -0.05) is 31.4 Å². The molecule has 0 saturated heterocycles. The minimum Gasteiger partial charge on any atom is -0.489 e. The van der Waals surface area contributed by atoms with Gasteiger partial charge >= 0.3 is 0 Å². The van der Waals surface area contributed by atoms with Crippen molar-refractivity contribution >= 4 is 5.78 Å². The highest BCUT2D eigenvalue weighted by atomic mass is 16.5. The van der Waals surface area contributed by atoms with Crippen LogP contribution < -0.4 is 4.74 Å². The van der Waals surface area contributed by atoms with E-state index >= 15 is 0 Å². The van der Waals surface area contributed by atoms with Crippen molar-refractivity contribution in [2.24, 2.45) is 5.41 Å². The number of carbonyl (C=O) groups is 1. The first kappa shape index (κ1) is 13.6. The lowest BCUT2D eigenvalue weighted by molar-refractivity contribution is -0.156. The molecule has 0 aromatic heterocycles. The second-order valence-electron chi connectivity index (χ2n) is 6.03. The molecule has 0 amide bonds. The Hall–Kier alpha value is -1.35. The molecule has 0 N–H and O–H groups in total. The van der Waals surface area contributed by atoms with Crippen LogP contribution in [-0.2, 0) is 16.1 Å². The van der Waals surface area contributed by atoms with Crippen LogP contribution in [0.1, 0.15) is 44.1 Å². The molecule has 2 aliphatic carbocycles. The standard InChI is InChI=1S/C17H22O3/c1-19-12-13-6-5-7-14(10-13)20-16-11-15(18)17(16)8-3-2-4-9-17/h5-7,10,16H,2-4,8-9,11-12H2,1H3. The van der Waals surface area contributed by atoms with Crippen molar-refractivity contribution in [1.29, 1.82) is 0 Å². The van der Waals surface area contributed by atoms with Crippen LogP contribution in [0.2, 0.25) is 0 Å². The summed E-state index contributed by atoms with van der Waals surface area (Å²) in [5.41, 5.74) is 0.934. The first-order valence-electron chi connectivity index (χ1n) is 7.52. The first-order valence-corrected chi connectivity index (χ1v) is 7.52. The van der Waals surface area contributed by atoms with E-state index in [2.05, 4.69) is 0 Å². The van der Waals surface area contributed by atoms with Crippen molar-refractivity contribution in [3.05, 3.63) is 29.8 Å². The van der Waals surface area contributed by atoms with Gasteiger partial charge in [0.1, 0.15) is 17.6 Å². The van der Waals surface area contributed by atoms with E-state index in [1.54, 1.807) is 7.11 Å². The lowest BCUT2D eigenvalue weighted by Crippen LogP contribution is -2.57. The van der Waals surface area contributed by atoms with Gasteiger partial charge in [0, 0.05) is 13.5 Å². The Morgan fingerprint density at radius 3 is 2.75 bits per heavy atom. The molecule has 1 spiro atoms. The van der Waals surface area contributed by atoms with Crippen LogP contribution in [0, 0.1) is 5.41 Å². The van der Waals surface area contributed by atoms with Gasteiger partial charge < -0.3 is 9.47 Å². The number of benzene rings is 1. The molecule has 3 nitrogen and oxygen atoms in total. The van der Waals surface area contributed by atoms with Crippen LogP contribution in [0.3, 0.4) is 0 Å². The molecule has 3 rings (SSSR count). The SMILES string of the molecule is COCc1cccc(OC2CC(=O)C23CCCCC3)c1. The number of rotatable bonds is 4. The number of ketones is 1. The van der Waals surface area contributed by atoms with Gasteiger partial charge in [-0.15, -0.1) is 0 Å². The van der Waals surface area contributed by atoms with E-state index in [0.29, 0.717) is 18.8 Å². The minimum atomic E-state index is -0.171. The van der Waals surface area contributed by atoms with E-state index in [1.165, 1.54) is 6.42 Å². The number of ether oxygens (including phenoxy) is 2. The van der Waals surface area contributed by atoms with Crippen LogP contribution in [-0.4, -0.2) is 19.0 Å². The van der Waals surface area contributed by atoms with E-state index in [-0.39, 0.29) is 11.5 Å². The molecule has 2 aliphatic rings. The summed E-state index contributed by atoms with van der Waals surface area (Å²) in [5, 5.41) is 0. The van der Waals surface area contributed by atoms with E-state index < -0.39 is 0 Å². The molecule has 0 aliphatic heterocycles. The summed E-state index contributed by atoms with van der Waals surface area (Å²) in [6, 6.07) is 8.00. The van der Waals surface area contributed by atoms with Gasteiger partial charge in [-0.3, -0.25) is 4.79 Å². The van der Waals surface area contributed by atoms with E-state index in [1.807, 2.05) is 24.3 Å². The monoisotopic (exact) mass is 274 g/mol. The molecule has 0 bridgehead atoms. The van der Waals surface area contributed by atoms with Crippen LogP contribution in [0.25, 0.3) is 0 Å². The van der Waals surface area contributed by atoms with Crippen molar-refractivity contribution in [3.8, 4) is 5.75 Å². The predicted molar refractivity (Wildman–Crippen MR) is 76.7 cm³/mol. The summed E-state index contributed by atoms with van der Waals surface area (Å²) < 4.78 is 11.3.